The van der Waals surface area contributed by atoms with Gasteiger partial charge in [-0.25, -0.2) is 4.79 Å². The van der Waals surface area contributed by atoms with Gasteiger partial charge in [-0.1, -0.05) is 77.0 Å². The third-order valence-electron chi connectivity index (χ3n) is 6.22. The number of aryl methyl sites for hydroxylation is 1. The zero-order valence-electron chi connectivity index (χ0n) is 21.4. The van der Waals surface area contributed by atoms with E-state index in [-0.39, 0.29) is 34.7 Å². The van der Waals surface area contributed by atoms with E-state index < -0.39 is 5.97 Å². The molecule has 6 heteroatoms. The lowest BCUT2D eigenvalue weighted by atomic mass is 10.0. The summed E-state index contributed by atoms with van der Waals surface area (Å²) < 4.78 is 11.0. The predicted molar refractivity (Wildman–Crippen MR) is 144 cm³/mol. The van der Waals surface area contributed by atoms with Crippen LogP contribution in [0.2, 0.25) is 0 Å². The molecule has 0 radical (unpaired) electrons. The van der Waals surface area contributed by atoms with Gasteiger partial charge in [0.1, 0.15) is 0 Å². The molecule has 6 nitrogen and oxygen atoms in total. The van der Waals surface area contributed by atoms with Crippen LogP contribution in [0.25, 0.3) is 11.0 Å². The van der Waals surface area contributed by atoms with Crippen molar-refractivity contribution >= 4 is 28.5 Å². The molecule has 0 aliphatic heterocycles. The summed E-state index contributed by atoms with van der Waals surface area (Å²) in [6, 6.07) is 13.6. The molecule has 0 atom stereocenters. The highest BCUT2D eigenvalue weighted by Gasteiger charge is 2.17. The van der Waals surface area contributed by atoms with Crippen molar-refractivity contribution in [3.63, 3.8) is 0 Å². The van der Waals surface area contributed by atoms with E-state index in [0.717, 1.165) is 38.2 Å². The van der Waals surface area contributed by atoms with Gasteiger partial charge >= 0.3 is 5.97 Å². The van der Waals surface area contributed by atoms with Crippen molar-refractivity contribution in [3.8, 4) is 0 Å². The largest absolute Gasteiger partial charge is 0.460 e. The molecule has 1 amide bonds. The summed E-state index contributed by atoms with van der Waals surface area (Å²) in [5.74, 6) is -1.18. The van der Waals surface area contributed by atoms with Crippen molar-refractivity contribution in [3.05, 3.63) is 75.6 Å². The van der Waals surface area contributed by atoms with Gasteiger partial charge in [0.2, 0.25) is 5.76 Å². The van der Waals surface area contributed by atoms with Crippen LogP contribution in [0, 0.1) is 0 Å². The molecule has 0 fully saturated rings. The van der Waals surface area contributed by atoms with E-state index in [9.17, 15) is 14.4 Å². The molecule has 192 valence electrons. The zero-order valence-corrected chi connectivity index (χ0v) is 21.4. The van der Waals surface area contributed by atoms with Crippen molar-refractivity contribution in [2.24, 2.45) is 0 Å². The van der Waals surface area contributed by atoms with Gasteiger partial charge in [0.25, 0.3) is 5.91 Å². The van der Waals surface area contributed by atoms with Gasteiger partial charge in [0.05, 0.1) is 17.7 Å². The zero-order chi connectivity index (χ0) is 25.8. The van der Waals surface area contributed by atoms with Crippen molar-refractivity contribution in [1.29, 1.82) is 0 Å². The fourth-order valence-electron chi connectivity index (χ4n) is 4.09. The molecule has 1 heterocycles. The third kappa shape index (κ3) is 7.80. The quantitative estimate of drug-likeness (QED) is 0.189. The average Bonchev–Trinajstić information content (AvgIpc) is 2.89. The van der Waals surface area contributed by atoms with Crippen molar-refractivity contribution < 1.29 is 18.7 Å². The molecule has 1 N–H and O–H groups in total. The SMILES string of the molecule is CCCCCCCCc1ccc(C(=O)Nc2cccc3c(=O)cc(C(=O)OCCCCC)oc23)cc1. The number of unbranched alkanes of at least 4 members (excludes halogenated alkanes) is 7. The molecule has 0 aliphatic rings. The normalized spacial score (nSPS) is 10.9. The number of amides is 1. The van der Waals surface area contributed by atoms with E-state index in [4.69, 9.17) is 9.15 Å². The van der Waals surface area contributed by atoms with Crippen molar-refractivity contribution in [2.45, 2.75) is 78.1 Å². The van der Waals surface area contributed by atoms with Crippen LogP contribution in [0.5, 0.6) is 0 Å². The number of hydrogen-bond acceptors (Lipinski definition) is 5. The number of esters is 1. The topological polar surface area (TPSA) is 85.6 Å². The van der Waals surface area contributed by atoms with Crippen LogP contribution in [0.15, 0.2) is 57.7 Å². The molecule has 3 rings (SSSR count). The number of benzene rings is 2. The average molecular weight is 492 g/mol. The van der Waals surface area contributed by atoms with Gasteiger partial charge in [-0.3, -0.25) is 9.59 Å². The van der Waals surface area contributed by atoms with Gasteiger partial charge in [-0.2, -0.15) is 0 Å². The monoisotopic (exact) mass is 491 g/mol. The molecule has 0 saturated heterocycles. The van der Waals surface area contributed by atoms with Gasteiger partial charge in [0, 0.05) is 11.6 Å². The molecule has 0 bridgehead atoms. The summed E-state index contributed by atoms with van der Waals surface area (Å²) >= 11 is 0. The fraction of sp³-hybridized carbons (Fsp3) is 0.433. The maximum atomic E-state index is 12.9. The summed E-state index contributed by atoms with van der Waals surface area (Å²) in [5.41, 5.74) is 1.82. The van der Waals surface area contributed by atoms with Crippen LogP contribution in [-0.2, 0) is 11.2 Å². The van der Waals surface area contributed by atoms with Crippen LogP contribution >= 0.6 is 0 Å². The summed E-state index contributed by atoms with van der Waals surface area (Å²) in [7, 11) is 0. The Balaban J connectivity index is 1.67. The summed E-state index contributed by atoms with van der Waals surface area (Å²) in [5, 5.41) is 3.10. The first-order valence-corrected chi connectivity index (χ1v) is 13.2. The minimum absolute atomic E-state index is 0.151. The number of fused-ring (bicyclic) bond motifs is 1. The van der Waals surface area contributed by atoms with Crippen molar-refractivity contribution in [2.75, 3.05) is 11.9 Å². The van der Waals surface area contributed by atoms with E-state index in [0.29, 0.717) is 11.3 Å². The highest BCUT2D eigenvalue weighted by Crippen LogP contribution is 2.23. The standard InChI is InChI=1S/C30H37NO5/c1-3-5-7-8-9-10-13-22-16-18-23(19-17-22)29(33)31-25-15-12-14-24-26(32)21-27(36-28(24)25)30(34)35-20-11-6-4-2/h12,14-19,21H,3-11,13,20H2,1-2H3,(H,31,33). The smallest absolute Gasteiger partial charge is 0.374 e. The summed E-state index contributed by atoms with van der Waals surface area (Å²) in [6.45, 7) is 4.55. The number of carbonyl (C=O) groups excluding carboxylic acids is 2. The molecular formula is C30H37NO5. The second kappa shape index (κ2) is 14.2. The second-order valence-corrected chi connectivity index (χ2v) is 9.17. The molecule has 0 saturated carbocycles. The predicted octanol–water partition coefficient (Wildman–Crippen LogP) is 7.30. The van der Waals surface area contributed by atoms with E-state index in [2.05, 4.69) is 19.2 Å². The third-order valence-corrected chi connectivity index (χ3v) is 6.22. The number of hydrogen-bond donors (Lipinski definition) is 1. The first kappa shape index (κ1) is 27.2. The van der Waals surface area contributed by atoms with E-state index >= 15 is 0 Å². The molecule has 0 unspecified atom stereocenters. The Bertz CT molecular complexity index is 1200. The molecule has 0 spiro atoms. The van der Waals surface area contributed by atoms with E-state index in [1.807, 2.05) is 24.3 Å². The second-order valence-electron chi connectivity index (χ2n) is 9.17. The Morgan fingerprint density at radius 3 is 2.31 bits per heavy atom. The van der Waals surface area contributed by atoms with Crippen LogP contribution in [-0.4, -0.2) is 18.5 Å². The highest BCUT2D eigenvalue weighted by molar-refractivity contribution is 6.08. The molecule has 3 aromatic rings. The summed E-state index contributed by atoms with van der Waals surface area (Å²) in [4.78, 5) is 37.9. The Labute approximate surface area is 213 Å². The first-order valence-electron chi connectivity index (χ1n) is 13.2. The molecule has 0 aliphatic carbocycles. The minimum Gasteiger partial charge on any atom is -0.460 e. The maximum Gasteiger partial charge on any atom is 0.374 e. The molecule has 1 aromatic heterocycles. The molecular weight excluding hydrogens is 454 g/mol. The lowest BCUT2D eigenvalue weighted by Crippen LogP contribution is -2.14. The minimum atomic E-state index is -0.688. The van der Waals surface area contributed by atoms with Crippen LogP contribution in [0.3, 0.4) is 0 Å². The summed E-state index contributed by atoms with van der Waals surface area (Å²) in [6.07, 6.45) is 11.2. The number of para-hydroxylation sites is 1. The molecule has 2 aromatic carbocycles. The lowest BCUT2D eigenvalue weighted by Gasteiger charge is -2.10. The Hall–Kier alpha value is -3.41. The van der Waals surface area contributed by atoms with Crippen LogP contribution in [0.1, 0.15) is 98.1 Å². The van der Waals surface area contributed by atoms with Crippen molar-refractivity contribution in [1.82, 2.24) is 0 Å². The number of nitrogens with one attached hydrogen (secondary N) is 1. The van der Waals surface area contributed by atoms with Gasteiger partial charge in [0.15, 0.2) is 11.0 Å². The van der Waals surface area contributed by atoms with Gasteiger partial charge in [-0.05, 0) is 49.1 Å². The number of carbonyl (C=O) groups is 2. The highest BCUT2D eigenvalue weighted by atomic mass is 16.5. The Morgan fingerprint density at radius 1 is 0.861 bits per heavy atom. The molecule has 36 heavy (non-hydrogen) atoms. The number of rotatable bonds is 14. The van der Waals surface area contributed by atoms with Crippen LogP contribution < -0.4 is 10.7 Å². The lowest BCUT2D eigenvalue weighted by molar-refractivity contribution is 0.0462. The maximum absolute atomic E-state index is 12.9. The van der Waals surface area contributed by atoms with Gasteiger partial charge in [-0.15, -0.1) is 0 Å². The van der Waals surface area contributed by atoms with Gasteiger partial charge < -0.3 is 14.5 Å². The van der Waals surface area contributed by atoms with Crippen LogP contribution in [0.4, 0.5) is 5.69 Å². The Morgan fingerprint density at radius 2 is 1.56 bits per heavy atom. The Kier molecular flexibility index (Phi) is 10.7. The fourth-order valence-corrected chi connectivity index (χ4v) is 4.09. The van der Waals surface area contributed by atoms with E-state index in [1.165, 1.54) is 37.7 Å². The first-order chi connectivity index (χ1) is 17.5. The number of ether oxygens (including phenoxy) is 1. The number of anilines is 1. The van der Waals surface area contributed by atoms with E-state index in [1.54, 1.807) is 18.2 Å².